The van der Waals surface area contributed by atoms with Crippen molar-refractivity contribution in [1.29, 1.82) is 0 Å². The van der Waals surface area contributed by atoms with Gasteiger partial charge in [0.2, 0.25) is 5.91 Å². The molecule has 3 N–H and O–H groups in total. The molecular weight excluding hydrogens is 606 g/mol. The number of rotatable bonds is 15. The lowest BCUT2D eigenvalue weighted by Gasteiger charge is -2.23. The predicted octanol–water partition coefficient (Wildman–Crippen LogP) is 2.84. The van der Waals surface area contributed by atoms with Crippen LogP contribution in [0.1, 0.15) is 47.1 Å². The molecule has 0 fully saturated rings. The third-order valence-electron chi connectivity index (χ3n) is 5.66. The van der Waals surface area contributed by atoms with Crippen LogP contribution < -0.4 is 16.1 Å². The number of alkyl carbamates (subject to hydrolysis) is 1. The number of hydrogen-bond acceptors (Lipinski definition) is 11. The van der Waals surface area contributed by atoms with E-state index in [1.165, 1.54) is 35.3 Å². The maximum atomic E-state index is 13.1. The van der Waals surface area contributed by atoms with Crippen molar-refractivity contribution in [3.05, 3.63) is 81.4 Å². The minimum Gasteiger partial charge on any atom is -0.465 e. The van der Waals surface area contributed by atoms with Crippen molar-refractivity contribution in [1.82, 2.24) is 21.0 Å². The third-order valence-corrected chi connectivity index (χ3v) is 5.66. The summed E-state index contributed by atoms with van der Waals surface area (Å²) in [5.74, 6) is -1.74. The Labute approximate surface area is 265 Å². The third kappa shape index (κ3) is 13.4. The lowest BCUT2D eigenvalue weighted by molar-refractivity contribution is -0.385. The molecule has 4 amide bonds. The smallest absolute Gasteiger partial charge is 0.431 e. The van der Waals surface area contributed by atoms with Gasteiger partial charge >= 0.3 is 18.2 Å². The second-order valence-corrected chi connectivity index (χ2v) is 10.4. The van der Waals surface area contributed by atoms with Crippen LogP contribution in [0.2, 0.25) is 0 Å². The molecular formula is C30H37N5O11. The van der Waals surface area contributed by atoms with Crippen LogP contribution in [0.4, 0.5) is 15.3 Å². The van der Waals surface area contributed by atoms with Crippen molar-refractivity contribution in [3.63, 3.8) is 0 Å². The van der Waals surface area contributed by atoms with Gasteiger partial charge in [0.25, 0.3) is 11.6 Å². The molecule has 0 radical (unpaired) electrons. The summed E-state index contributed by atoms with van der Waals surface area (Å²) in [4.78, 5) is 77.5. The van der Waals surface area contributed by atoms with Crippen LogP contribution in [0, 0.1) is 10.1 Å². The second kappa shape index (κ2) is 18.3. The SMILES string of the molecule is COC(=O)c1cc(/C=C/COC(=O)NCCN(CCNC(=O)CONC(=O)OC(C)(C)C)C(=O)c2ccccc2)ccc1[N+](=O)[O-]. The topological polar surface area (TPSA) is 205 Å². The fraction of sp³-hybridized carbons (Fsp3) is 0.367. The molecule has 0 heterocycles. The molecule has 0 saturated carbocycles. The average molecular weight is 644 g/mol. The first-order valence-corrected chi connectivity index (χ1v) is 14.0. The van der Waals surface area contributed by atoms with E-state index >= 15 is 0 Å². The molecule has 0 aliphatic rings. The average Bonchev–Trinajstić information content (AvgIpc) is 3.01. The Bertz CT molecular complexity index is 1410. The minimum absolute atomic E-state index is 0.0306. The van der Waals surface area contributed by atoms with Gasteiger partial charge in [-0.2, -0.15) is 5.48 Å². The highest BCUT2D eigenvalue weighted by Gasteiger charge is 2.21. The Balaban J connectivity index is 1.84. The molecule has 0 bridgehead atoms. The first-order chi connectivity index (χ1) is 21.8. The lowest BCUT2D eigenvalue weighted by atomic mass is 10.1. The summed E-state index contributed by atoms with van der Waals surface area (Å²) < 4.78 is 14.7. The number of nitro groups is 1. The first-order valence-electron chi connectivity index (χ1n) is 14.0. The first kappa shape index (κ1) is 36.7. The van der Waals surface area contributed by atoms with Crippen LogP contribution in [0.3, 0.4) is 0 Å². The molecule has 2 rings (SSSR count). The summed E-state index contributed by atoms with van der Waals surface area (Å²) in [5.41, 5.74) is 1.51. The van der Waals surface area contributed by atoms with E-state index in [0.29, 0.717) is 11.1 Å². The van der Waals surface area contributed by atoms with Crippen LogP contribution in [0.25, 0.3) is 6.08 Å². The van der Waals surface area contributed by atoms with Crippen LogP contribution in [-0.4, -0.2) is 91.9 Å². The van der Waals surface area contributed by atoms with Gasteiger partial charge in [-0.3, -0.25) is 24.5 Å². The fourth-order valence-electron chi connectivity index (χ4n) is 3.66. The maximum Gasteiger partial charge on any atom is 0.431 e. The molecule has 2 aromatic rings. The molecule has 0 aliphatic heterocycles. The zero-order valence-electron chi connectivity index (χ0n) is 25.9. The normalized spacial score (nSPS) is 10.9. The summed E-state index contributed by atoms with van der Waals surface area (Å²) in [5, 5.41) is 16.3. The molecule has 0 saturated heterocycles. The van der Waals surface area contributed by atoms with Crippen molar-refractivity contribution < 1.29 is 47.9 Å². The van der Waals surface area contributed by atoms with Crippen molar-refractivity contribution in [2.75, 3.05) is 46.5 Å². The van der Waals surface area contributed by atoms with Gasteiger partial charge in [0.15, 0.2) is 6.61 Å². The second-order valence-electron chi connectivity index (χ2n) is 10.4. The van der Waals surface area contributed by atoms with E-state index in [-0.39, 0.29) is 44.3 Å². The highest BCUT2D eigenvalue weighted by atomic mass is 16.7. The molecule has 16 nitrogen and oxygen atoms in total. The quantitative estimate of drug-likeness (QED) is 0.111. The van der Waals surface area contributed by atoms with Gasteiger partial charge in [-0.1, -0.05) is 24.3 Å². The Morgan fingerprint density at radius 3 is 2.26 bits per heavy atom. The molecule has 0 aromatic heterocycles. The molecule has 2 aromatic carbocycles. The zero-order chi connectivity index (χ0) is 34.1. The molecule has 0 atom stereocenters. The van der Waals surface area contributed by atoms with Gasteiger partial charge in [0.1, 0.15) is 17.8 Å². The Morgan fingerprint density at radius 1 is 0.957 bits per heavy atom. The van der Waals surface area contributed by atoms with Crippen LogP contribution in [-0.2, 0) is 23.8 Å². The number of nitrogens with one attached hydrogen (secondary N) is 3. The largest absolute Gasteiger partial charge is 0.465 e. The fourth-order valence-corrected chi connectivity index (χ4v) is 3.66. The Morgan fingerprint density at radius 2 is 1.63 bits per heavy atom. The number of carbonyl (C=O) groups excluding carboxylic acids is 5. The number of benzene rings is 2. The van der Waals surface area contributed by atoms with E-state index in [9.17, 15) is 34.1 Å². The zero-order valence-corrected chi connectivity index (χ0v) is 25.9. The monoisotopic (exact) mass is 643 g/mol. The van der Waals surface area contributed by atoms with Gasteiger partial charge in [0, 0.05) is 37.8 Å². The summed E-state index contributed by atoms with van der Waals surface area (Å²) in [6.07, 6.45) is 1.37. The highest BCUT2D eigenvalue weighted by molar-refractivity contribution is 5.95. The van der Waals surface area contributed by atoms with Gasteiger partial charge in [-0.15, -0.1) is 0 Å². The highest BCUT2D eigenvalue weighted by Crippen LogP contribution is 2.21. The summed E-state index contributed by atoms with van der Waals surface area (Å²) in [6, 6.07) is 12.3. The van der Waals surface area contributed by atoms with E-state index in [2.05, 4.69) is 15.4 Å². The molecule has 0 unspecified atom stereocenters. The number of methoxy groups -OCH3 is 1. The number of carbonyl (C=O) groups is 5. The number of hydroxylamine groups is 1. The molecule has 46 heavy (non-hydrogen) atoms. The van der Waals surface area contributed by atoms with E-state index < -0.39 is 46.9 Å². The van der Waals surface area contributed by atoms with E-state index in [0.717, 1.165) is 7.11 Å². The number of amides is 4. The minimum atomic E-state index is -0.860. The summed E-state index contributed by atoms with van der Waals surface area (Å²) >= 11 is 0. The predicted molar refractivity (Wildman–Crippen MR) is 163 cm³/mol. The molecule has 0 aliphatic carbocycles. The van der Waals surface area contributed by atoms with Crippen LogP contribution >= 0.6 is 0 Å². The number of hydrogen-bond donors (Lipinski definition) is 3. The van der Waals surface area contributed by atoms with E-state index in [1.807, 2.05) is 5.48 Å². The lowest BCUT2D eigenvalue weighted by Crippen LogP contribution is -2.43. The van der Waals surface area contributed by atoms with E-state index in [1.54, 1.807) is 51.1 Å². The summed E-state index contributed by atoms with van der Waals surface area (Å²) in [6.45, 7) is 4.67. The van der Waals surface area contributed by atoms with Gasteiger partial charge in [0.05, 0.1) is 12.0 Å². The van der Waals surface area contributed by atoms with Crippen molar-refractivity contribution in [2.24, 2.45) is 0 Å². The van der Waals surface area contributed by atoms with Gasteiger partial charge in [-0.25, -0.2) is 14.4 Å². The van der Waals surface area contributed by atoms with Crippen LogP contribution in [0.15, 0.2) is 54.6 Å². The Kier molecular flexibility index (Phi) is 14.6. The maximum absolute atomic E-state index is 13.1. The van der Waals surface area contributed by atoms with Crippen molar-refractivity contribution in [3.8, 4) is 0 Å². The van der Waals surface area contributed by atoms with Crippen molar-refractivity contribution >= 4 is 41.7 Å². The number of nitrogens with zero attached hydrogens (tertiary/aromatic N) is 2. The number of esters is 1. The molecule has 16 heteroatoms. The van der Waals surface area contributed by atoms with Gasteiger partial charge < -0.3 is 29.7 Å². The van der Waals surface area contributed by atoms with E-state index in [4.69, 9.17) is 14.3 Å². The molecule has 248 valence electrons. The molecule has 0 spiro atoms. The summed E-state index contributed by atoms with van der Waals surface area (Å²) in [7, 11) is 1.11. The van der Waals surface area contributed by atoms with Crippen molar-refractivity contribution in [2.45, 2.75) is 26.4 Å². The van der Waals surface area contributed by atoms with Crippen LogP contribution in [0.5, 0.6) is 0 Å². The van der Waals surface area contributed by atoms with Gasteiger partial charge in [-0.05, 0) is 56.7 Å². The standard InChI is InChI=1S/C30H37N5O11/c1-30(2,3)46-29(40)33-45-20-25(36)31-14-16-34(26(37)22-10-6-5-7-11-22)17-15-32-28(39)44-18-8-9-21-12-13-24(35(41)42)23(19-21)27(38)43-4/h5-13,19H,14-18,20H2,1-4H3,(H,31,36)(H,32,39)(H,33,40)/b9-8+. The Hall–Kier alpha value is -5.51. The number of ether oxygens (including phenoxy) is 3. The number of nitro benzene ring substituents is 1.